The number of rotatable bonds is 4. The maximum atomic E-state index is 13.8. The van der Waals surface area contributed by atoms with E-state index in [4.69, 9.17) is 9.47 Å². The van der Waals surface area contributed by atoms with Crippen molar-refractivity contribution in [1.82, 2.24) is 0 Å². The molecule has 27 heavy (non-hydrogen) atoms. The van der Waals surface area contributed by atoms with Gasteiger partial charge in [-0.05, 0) is 49.6 Å². The molecule has 0 amide bonds. The molecule has 1 fully saturated rings. The lowest BCUT2D eigenvalue weighted by molar-refractivity contribution is -0.205. The van der Waals surface area contributed by atoms with Crippen molar-refractivity contribution in [2.45, 2.75) is 26.1 Å². The molecule has 0 radical (unpaired) electrons. The van der Waals surface area contributed by atoms with Crippen molar-refractivity contribution < 1.29 is 18.3 Å². The highest BCUT2D eigenvalue weighted by Crippen LogP contribution is 2.27. The van der Waals surface area contributed by atoms with E-state index in [2.05, 4.69) is 18.4 Å². The minimum absolute atomic E-state index is 0.214. The van der Waals surface area contributed by atoms with Crippen molar-refractivity contribution in [3.05, 3.63) is 82.9 Å². The summed E-state index contributed by atoms with van der Waals surface area (Å²) in [7, 11) is 0. The monoisotopic (exact) mass is 368 g/mol. The van der Waals surface area contributed by atoms with Gasteiger partial charge in [-0.25, -0.2) is 8.78 Å². The van der Waals surface area contributed by atoms with Gasteiger partial charge in [-0.15, -0.1) is 6.58 Å². The van der Waals surface area contributed by atoms with Crippen LogP contribution in [-0.4, -0.2) is 13.2 Å². The lowest BCUT2D eigenvalue weighted by Gasteiger charge is -2.29. The van der Waals surface area contributed by atoms with Crippen LogP contribution in [0.2, 0.25) is 0 Å². The molecule has 0 unspecified atom stereocenters. The van der Waals surface area contributed by atoms with Gasteiger partial charge in [-0.1, -0.05) is 30.0 Å². The highest BCUT2D eigenvalue weighted by atomic mass is 19.1. The van der Waals surface area contributed by atoms with Crippen molar-refractivity contribution in [2.24, 2.45) is 5.92 Å². The van der Waals surface area contributed by atoms with Crippen molar-refractivity contribution in [2.75, 3.05) is 13.2 Å². The SMILES string of the molecule is C=CCCC1COC(c2ccc(C#Cc3c(F)cc(C)cc3F)cc2)OC1. The molecule has 3 rings (SSSR count). The summed E-state index contributed by atoms with van der Waals surface area (Å²) in [4.78, 5) is 0. The lowest BCUT2D eigenvalue weighted by atomic mass is 10.0. The van der Waals surface area contributed by atoms with E-state index in [1.54, 1.807) is 19.1 Å². The normalized spacial score (nSPS) is 19.2. The Labute approximate surface area is 158 Å². The third-order valence-electron chi connectivity index (χ3n) is 4.45. The van der Waals surface area contributed by atoms with E-state index >= 15 is 0 Å². The summed E-state index contributed by atoms with van der Waals surface area (Å²) >= 11 is 0. The number of aryl methyl sites for hydroxylation is 1. The van der Waals surface area contributed by atoms with Gasteiger partial charge in [0.2, 0.25) is 0 Å². The van der Waals surface area contributed by atoms with Crippen LogP contribution in [0.3, 0.4) is 0 Å². The second-order valence-corrected chi connectivity index (χ2v) is 6.71. The van der Waals surface area contributed by atoms with Gasteiger partial charge < -0.3 is 9.47 Å². The zero-order valence-electron chi connectivity index (χ0n) is 15.3. The first kappa shape index (κ1) is 19.3. The van der Waals surface area contributed by atoms with Gasteiger partial charge in [0.25, 0.3) is 0 Å². The largest absolute Gasteiger partial charge is 0.348 e. The molecule has 2 nitrogen and oxygen atoms in total. The van der Waals surface area contributed by atoms with Gasteiger partial charge in [0.15, 0.2) is 6.29 Å². The minimum atomic E-state index is -0.647. The summed E-state index contributed by atoms with van der Waals surface area (Å²) in [5, 5.41) is 0. The Hall–Kier alpha value is -2.48. The van der Waals surface area contributed by atoms with Crippen molar-refractivity contribution in [1.29, 1.82) is 0 Å². The molecule has 1 heterocycles. The number of allylic oxidation sites excluding steroid dienone is 1. The summed E-state index contributed by atoms with van der Waals surface area (Å²) < 4.78 is 39.3. The average Bonchev–Trinajstić information content (AvgIpc) is 2.66. The molecule has 1 aliphatic heterocycles. The highest BCUT2D eigenvalue weighted by Gasteiger charge is 2.22. The lowest BCUT2D eigenvalue weighted by Crippen LogP contribution is -2.26. The van der Waals surface area contributed by atoms with Gasteiger partial charge in [0.1, 0.15) is 11.6 Å². The van der Waals surface area contributed by atoms with E-state index in [1.165, 1.54) is 12.1 Å². The van der Waals surface area contributed by atoms with E-state index in [0.717, 1.165) is 18.4 Å². The fourth-order valence-electron chi connectivity index (χ4n) is 2.93. The molecule has 0 aromatic heterocycles. The molecule has 1 saturated heterocycles. The van der Waals surface area contributed by atoms with Crippen LogP contribution in [0.15, 0.2) is 49.1 Å². The first-order valence-corrected chi connectivity index (χ1v) is 8.98. The topological polar surface area (TPSA) is 18.5 Å². The number of hydrogen-bond donors (Lipinski definition) is 0. The van der Waals surface area contributed by atoms with Crippen LogP contribution in [0.5, 0.6) is 0 Å². The van der Waals surface area contributed by atoms with E-state index in [0.29, 0.717) is 30.3 Å². The van der Waals surface area contributed by atoms with Gasteiger partial charge in [0, 0.05) is 17.0 Å². The fourth-order valence-corrected chi connectivity index (χ4v) is 2.93. The van der Waals surface area contributed by atoms with Crippen LogP contribution in [0, 0.1) is 36.3 Å². The van der Waals surface area contributed by atoms with Crippen LogP contribution in [0.25, 0.3) is 0 Å². The summed E-state index contributed by atoms with van der Waals surface area (Å²) in [5.41, 5.74) is 1.88. The quantitative estimate of drug-likeness (QED) is 0.538. The Morgan fingerprint density at radius 1 is 1.07 bits per heavy atom. The predicted molar refractivity (Wildman–Crippen MR) is 101 cm³/mol. The molecule has 0 bridgehead atoms. The third kappa shape index (κ3) is 5.03. The van der Waals surface area contributed by atoms with Gasteiger partial charge in [-0.2, -0.15) is 0 Å². The molecule has 2 aromatic carbocycles. The summed E-state index contributed by atoms with van der Waals surface area (Å²) in [6.45, 7) is 6.68. The van der Waals surface area contributed by atoms with E-state index in [9.17, 15) is 8.78 Å². The van der Waals surface area contributed by atoms with Gasteiger partial charge in [0.05, 0.1) is 18.8 Å². The first-order chi connectivity index (χ1) is 13.1. The highest BCUT2D eigenvalue weighted by molar-refractivity contribution is 5.45. The zero-order valence-corrected chi connectivity index (χ0v) is 15.3. The Kier molecular flexibility index (Phi) is 6.39. The second kappa shape index (κ2) is 8.94. The third-order valence-corrected chi connectivity index (χ3v) is 4.45. The number of hydrogen-bond acceptors (Lipinski definition) is 2. The molecular weight excluding hydrogens is 346 g/mol. The van der Waals surface area contributed by atoms with Crippen LogP contribution in [0.1, 0.15) is 41.4 Å². The van der Waals surface area contributed by atoms with Gasteiger partial charge in [-0.3, -0.25) is 0 Å². The molecule has 0 N–H and O–H groups in total. The summed E-state index contributed by atoms with van der Waals surface area (Å²) in [5.74, 6) is 4.48. The number of benzene rings is 2. The Balaban J connectivity index is 1.65. The van der Waals surface area contributed by atoms with E-state index < -0.39 is 11.6 Å². The molecule has 0 atom stereocenters. The van der Waals surface area contributed by atoms with Crippen LogP contribution < -0.4 is 0 Å². The van der Waals surface area contributed by atoms with E-state index in [1.807, 2.05) is 18.2 Å². The van der Waals surface area contributed by atoms with Crippen molar-refractivity contribution >= 4 is 0 Å². The van der Waals surface area contributed by atoms with Crippen LogP contribution in [-0.2, 0) is 9.47 Å². The molecule has 0 spiro atoms. The molecule has 0 saturated carbocycles. The predicted octanol–water partition coefficient (Wildman–Crippen LogP) is 5.30. The van der Waals surface area contributed by atoms with Crippen molar-refractivity contribution in [3.63, 3.8) is 0 Å². The zero-order chi connectivity index (χ0) is 19.2. The Bertz CT molecular complexity index is 831. The molecule has 4 heteroatoms. The Morgan fingerprint density at radius 3 is 2.30 bits per heavy atom. The maximum Gasteiger partial charge on any atom is 0.183 e. The smallest absolute Gasteiger partial charge is 0.183 e. The summed E-state index contributed by atoms with van der Waals surface area (Å²) in [6.07, 6.45) is 3.48. The molecule has 140 valence electrons. The average molecular weight is 368 g/mol. The van der Waals surface area contributed by atoms with E-state index in [-0.39, 0.29) is 11.9 Å². The number of ether oxygens (including phenoxy) is 2. The second-order valence-electron chi connectivity index (χ2n) is 6.71. The standard InChI is InChI=1S/C23H22F2O2/c1-3-4-5-18-14-26-23(27-15-18)19-9-6-17(7-10-19)8-11-20-21(24)12-16(2)13-22(20)25/h3,6-7,9-10,12-13,18,23H,1,4-5,14-15H2,2H3. The minimum Gasteiger partial charge on any atom is -0.348 e. The molecule has 0 aliphatic carbocycles. The Morgan fingerprint density at radius 2 is 1.70 bits per heavy atom. The fraction of sp³-hybridized carbons (Fsp3) is 0.304. The summed E-state index contributed by atoms with van der Waals surface area (Å²) in [6, 6.07) is 9.86. The number of halogens is 2. The maximum absolute atomic E-state index is 13.8. The van der Waals surface area contributed by atoms with Crippen LogP contribution in [0.4, 0.5) is 8.78 Å². The van der Waals surface area contributed by atoms with Crippen molar-refractivity contribution in [3.8, 4) is 11.8 Å². The molecule has 1 aliphatic rings. The molecular formula is C23H22F2O2. The van der Waals surface area contributed by atoms with Crippen LogP contribution >= 0.6 is 0 Å². The van der Waals surface area contributed by atoms with Gasteiger partial charge >= 0.3 is 0 Å². The molecule has 2 aromatic rings. The first-order valence-electron chi connectivity index (χ1n) is 8.98.